The van der Waals surface area contributed by atoms with Crippen LogP contribution in [0.3, 0.4) is 0 Å². The van der Waals surface area contributed by atoms with Crippen molar-refractivity contribution in [2.45, 2.75) is 19.8 Å². The number of halogens is 1. The summed E-state index contributed by atoms with van der Waals surface area (Å²) in [6.07, 6.45) is 10.7. The van der Waals surface area contributed by atoms with E-state index in [1.165, 1.54) is 0 Å². The Balaban J connectivity index is 1.47. The van der Waals surface area contributed by atoms with Gasteiger partial charge in [0.1, 0.15) is 11.5 Å². The van der Waals surface area contributed by atoms with Gasteiger partial charge < -0.3 is 20.1 Å². The number of hydrogen-bond acceptors (Lipinski definition) is 7. The fraction of sp³-hybridized carbons (Fsp3) is 0.257. The third-order valence-electron chi connectivity index (χ3n) is 7.31. The molecule has 10 heteroatoms. The first-order chi connectivity index (χ1) is 21.6. The Labute approximate surface area is 263 Å². The van der Waals surface area contributed by atoms with E-state index in [0.29, 0.717) is 29.4 Å². The second kappa shape index (κ2) is 13.8. The minimum atomic E-state index is -0.273. The van der Waals surface area contributed by atoms with Crippen molar-refractivity contribution in [2.24, 2.45) is 0 Å². The van der Waals surface area contributed by atoms with Crippen LogP contribution in [0.15, 0.2) is 79.9 Å². The summed E-state index contributed by atoms with van der Waals surface area (Å²) in [5, 5.41) is 11.7. The van der Waals surface area contributed by atoms with Crippen molar-refractivity contribution in [1.82, 2.24) is 39.9 Å². The molecule has 0 saturated carbocycles. The molecule has 0 aliphatic carbocycles. The summed E-state index contributed by atoms with van der Waals surface area (Å²) in [7, 11) is 8.07. The number of aryl methyl sites for hydroxylation is 2. The van der Waals surface area contributed by atoms with Gasteiger partial charge in [-0.05, 0) is 89.9 Å². The largest absolute Gasteiger partial charge is 0.357 e. The van der Waals surface area contributed by atoms with Crippen LogP contribution in [0.25, 0.3) is 39.3 Å². The Morgan fingerprint density at radius 2 is 1.82 bits per heavy atom. The maximum atomic E-state index is 14.8. The van der Waals surface area contributed by atoms with Gasteiger partial charge in [0.05, 0.1) is 23.0 Å². The maximum absolute atomic E-state index is 14.8. The summed E-state index contributed by atoms with van der Waals surface area (Å²) >= 11 is 0. The molecule has 0 amide bonds. The first kappa shape index (κ1) is 31.5. The van der Waals surface area contributed by atoms with Crippen molar-refractivity contribution in [3.63, 3.8) is 0 Å². The van der Waals surface area contributed by atoms with Crippen LogP contribution in [0.2, 0.25) is 0 Å². The number of nitrogens with one attached hydrogen (secondary N) is 3. The molecule has 45 heavy (non-hydrogen) atoms. The summed E-state index contributed by atoms with van der Waals surface area (Å²) in [4.78, 5) is 21.6. The van der Waals surface area contributed by atoms with Crippen LogP contribution in [0.4, 0.5) is 10.1 Å². The summed E-state index contributed by atoms with van der Waals surface area (Å²) in [5.74, 6) is 0.333. The molecule has 1 aromatic carbocycles. The van der Waals surface area contributed by atoms with E-state index in [1.54, 1.807) is 36.8 Å². The quantitative estimate of drug-likeness (QED) is 0.133. The van der Waals surface area contributed by atoms with Crippen LogP contribution in [0.1, 0.15) is 28.9 Å². The van der Waals surface area contributed by atoms with Gasteiger partial charge >= 0.3 is 0 Å². The molecule has 9 nitrogen and oxygen atoms in total. The van der Waals surface area contributed by atoms with Gasteiger partial charge in [-0.15, -0.1) is 0 Å². The molecule has 4 aromatic heterocycles. The fourth-order valence-corrected chi connectivity index (χ4v) is 5.35. The number of hydrogen-bond donors (Lipinski definition) is 3. The number of nitrogens with zero attached hydrogens (tertiary/aromatic N) is 6. The first-order valence-corrected chi connectivity index (χ1v) is 14.8. The van der Waals surface area contributed by atoms with Crippen LogP contribution in [-0.2, 0) is 6.42 Å². The van der Waals surface area contributed by atoms with Crippen LogP contribution in [0, 0.1) is 12.7 Å². The van der Waals surface area contributed by atoms with E-state index in [4.69, 9.17) is 4.98 Å². The van der Waals surface area contributed by atoms with E-state index in [0.717, 1.165) is 69.7 Å². The third kappa shape index (κ3) is 7.60. The van der Waals surface area contributed by atoms with Gasteiger partial charge in [0.25, 0.3) is 0 Å². The predicted molar refractivity (Wildman–Crippen MR) is 181 cm³/mol. The number of imidazole rings is 1. The Kier molecular flexibility index (Phi) is 9.65. The van der Waals surface area contributed by atoms with Gasteiger partial charge in [-0.25, -0.2) is 14.4 Å². The van der Waals surface area contributed by atoms with E-state index < -0.39 is 0 Å². The molecule has 0 bridgehead atoms. The van der Waals surface area contributed by atoms with E-state index in [2.05, 4.69) is 48.5 Å². The second-order valence-electron chi connectivity index (χ2n) is 11.8. The van der Waals surface area contributed by atoms with Crippen LogP contribution in [-0.4, -0.2) is 81.2 Å². The molecule has 232 valence electrons. The number of H-pyrrole nitrogens is 2. The van der Waals surface area contributed by atoms with Crippen molar-refractivity contribution < 1.29 is 4.39 Å². The smallest absolute Gasteiger partial charge is 0.181 e. The number of allylic oxidation sites excluding steroid dienone is 2. The molecule has 5 aromatic rings. The standard InChI is InChI=1S/C35H40FN9/c1-8-10-30(25-13-24(14-28(36)15-25)11-9-12-44(4)5)32-23(3)40-35(41-32)33-31-17-27(19-38-34(31)43-42-33)26-16-29(20-37-18-26)39-22(2)21-45(6)7/h8,10,13-20,39H,1-2,9,11-12,21H2,3-7H3,(H,40,41)(H,38,42,43)/b30-10-. The van der Waals surface area contributed by atoms with Gasteiger partial charge in [-0.2, -0.15) is 5.10 Å². The van der Waals surface area contributed by atoms with Gasteiger partial charge in [-0.3, -0.25) is 10.1 Å². The van der Waals surface area contributed by atoms with Crippen LogP contribution < -0.4 is 5.32 Å². The molecule has 0 unspecified atom stereocenters. The van der Waals surface area contributed by atoms with Gasteiger partial charge in [-0.1, -0.05) is 31.4 Å². The predicted octanol–water partition coefficient (Wildman–Crippen LogP) is 6.46. The van der Waals surface area contributed by atoms with Crippen LogP contribution in [0.5, 0.6) is 0 Å². The van der Waals surface area contributed by atoms with E-state index in [9.17, 15) is 4.39 Å². The highest BCUT2D eigenvalue weighted by Crippen LogP contribution is 2.32. The van der Waals surface area contributed by atoms with Crippen molar-refractivity contribution >= 4 is 22.3 Å². The molecular formula is C35H40FN9. The molecule has 0 spiro atoms. The molecule has 0 fully saturated rings. The first-order valence-electron chi connectivity index (χ1n) is 14.8. The highest BCUT2D eigenvalue weighted by molar-refractivity contribution is 5.92. The Hall–Kier alpha value is -4.93. The highest BCUT2D eigenvalue weighted by Gasteiger charge is 2.19. The SMILES string of the molecule is C=C/C=C(/c1cc(F)cc(CCCN(C)C)c1)c1nc(-c2[nH]nc3ncc(-c4cncc(NC(=C)CN(C)C)c4)cc23)[nH]c1C. The summed E-state index contributed by atoms with van der Waals surface area (Å²) in [6, 6.07) is 9.24. The van der Waals surface area contributed by atoms with Crippen molar-refractivity contribution in [3.05, 3.63) is 108 Å². The third-order valence-corrected chi connectivity index (χ3v) is 7.31. The molecule has 0 radical (unpaired) electrons. The Morgan fingerprint density at radius 1 is 1.02 bits per heavy atom. The molecule has 5 rings (SSSR count). The van der Waals surface area contributed by atoms with E-state index in [-0.39, 0.29) is 5.82 Å². The van der Waals surface area contributed by atoms with Gasteiger partial charge in [0, 0.05) is 47.0 Å². The number of rotatable bonds is 13. The average Bonchev–Trinajstić information content (AvgIpc) is 3.57. The lowest BCUT2D eigenvalue weighted by Gasteiger charge is -2.14. The lowest BCUT2D eigenvalue weighted by atomic mass is 9.97. The topological polar surface area (TPSA) is 102 Å². The molecule has 0 atom stereocenters. The monoisotopic (exact) mass is 605 g/mol. The number of likely N-dealkylation sites (N-methyl/N-ethyl adjacent to an activating group) is 1. The number of aromatic amines is 2. The van der Waals surface area contributed by atoms with Crippen LogP contribution >= 0.6 is 0 Å². The van der Waals surface area contributed by atoms with Gasteiger partial charge in [0.2, 0.25) is 0 Å². The Bertz CT molecular complexity index is 1860. The molecule has 0 aliphatic heterocycles. The zero-order valence-electron chi connectivity index (χ0n) is 26.6. The number of pyridine rings is 2. The lowest BCUT2D eigenvalue weighted by molar-refractivity contribution is 0.400. The van der Waals surface area contributed by atoms with Gasteiger partial charge in [0.15, 0.2) is 11.5 Å². The van der Waals surface area contributed by atoms with Crippen molar-refractivity contribution in [3.8, 4) is 22.6 Å². The number of anilines is 1. The zero-order chi connectivity index (χ0) is 32.1. The molecule has 0 saturated heterocycles. The Morgan fingerprint density at radius 3 is 2.58 bits per heavy atom. The summed E-state index contributed by atoms with van der Waals surface area (Å²) < 4.78 is 14.8. The molecule has 4 heterocycles. The maximum Gasteiger partial charge on any atom is 0.181 e. The summed E-state index contributed by atoms with van der Waals surface area (Å²) in [6.45, 7) is 11.6. The van der Waals surface area contributed by atoms with Crippen molar-refractivity contribution in [2.75, 3.05) is 46.6 Å². The number of benzene rings is 1. The average molecular weight is 606 g/mol. The second-order valence-corrected chi connectivity index (χ2v) is 11.8. The molecule has 3 N–H and O–H groups in total. The minimum absolute atomic E-state index is 0.273. The normalized spacial score (nSPS) is 12.0. The fourth-order valence-electron chi connectivity index (χ4n) is 5.35. The number of aromatic nitrogens is 6. The van der Waals surface area contributed by atoms with Crippen molar-refractivity contribution in [1.29, 1.82) is 0 Å². The number of fused-ring (bicyclic) bond motifs is 1. The highest BCUT2D eigenvalue weighted by atomic mass is 19.1. The zero-order valence-corrected chi connectivity index (χ0v) is 26.6. The van der Waals surface area contributed by atoms with E-state index in [1.807, 2.05) is 64.3 Å². The minimum Gasteiger partial charge on any atom is -0.357 e. The van der Waals surface area contributed by atoms with E-state index >= 15 is 0 Å². The molecular weight excluding hydrogens is 565 g/mol. The lowest BCUT2D eigenvalue weighted by Crippen LogP contribution is -2.18. The molecule has 0 aliphatic rings. The summed E-state index contributed by atoms with van der Waals surface area (Å²) in [5.41, 5.74) is 8.82.